The van der Waals surface area contributed by atoms with Gasteiger partial charge in [-0.05, 0) is 90.0 Å². The SMILES string of the molecule is CCOc1cc(/C=C(/C#N)c2nc3ccc(C)cc3[nH]2)cc(I)c1OCC(=O)Nc1ccccc1. The van der Waals surface area contributed by atoms with Gasteiger partial charge in [-0.15, -0.1) is 0 Å². The fraction of sp³-hybridized carbons (Fsp3) is 0.148. The summed E-state index contributed by atoms with van der Waals surface area (Å²) in [4.78, 5) is 20.1. The molecule has 4 rings (SSSR count). The van der Waals surface area contributed by atoms with Crippen molar-refractivity contribution in [1.29, 1.82) is 5.26 Å². The Bertz CT molecular complexity index is 1440. The van der Waals surface area contributed by atoms with Crippen molar-refractivity contribution >= 4 is 56.9 Å². The second-order valence-corrected chi connectivity index (χ2v) is 8.90. The number of carbonyl (C=O) groups is 1. The third-order valence-corrected chi connectivity index (χ3v) is 5.86. The van der Waals surface area contributed by atoms with Crippen LogP contribution < -0.4 is 14.8 Å². The molecule has 0 radical (unpaired) electrons. The maximum absolute atomic E-state index is 12.3. The number of benzene rings is 3. The number of rotatable bonds is 8. The summed E-state index contributed by atoms with van der Waals surface area (Å²) >= 11 is 2.14. The molecule has 1 aromatic heterocycles. The minimum atomic E-state index is -0.273. The second-order valence-electron chi connectivity index (χ2n) is 7.74. The van der Waals surface area contributed by atoms with E-state index in [1.165, 1.54) is 0 Å². The van der Waals surface area contributed by atoms with Gasteiger partial charge in [0.15, 0.2) is 18.1 Å². The number of nitriles is 1. The number of ether oxygens (including phenoxy) is 2. The van der Waals surface area contributed by atoms with Gasteiger partial charge in [0.1, 0.15) is 11.9 Å². The Morgan fingerprint density at radius 1 is 1.17 bits per heavy atom. The first-order valence-corrected chi connectivity index (χ1v) is 12.1. The van der Waals surface area contributed by atoms with E-state index in [-0.39, 0.29) is 12.5 Å². The summed E-state index contributed by atoms with van der Waals surface area (Å²) in [6, 6.07) is 21.0. The molecule has 0 aliphatic carbocycles. The molecule has 0 saturated heterocycles. The molecule has 0 fully saturated rings. The minimum absolute atomic E-state index is 0.165. The van der Waals surface area contributed by atoms with Crippen LogP contribution in [0.5, 0.6) is 11.5 Å². The number of aromatic amines is 1. The van der Waals surface area contributed by atoms with Gasteiger partial charge in [-0.1, -0.05) is 24.3 Å². The maximum Gasteiger partial charge on any atom is 0.262 e. The normalized spacial score (nSPS) is 11.2. The summed E-state index contributed by atoms with van der Waals surface area (Å²) in [6.07, 6.45) is 1.75. The topological polar surface area (TPSA) is 100 Å². The smallest absolute Gasteiger partial charge is 0.262 e. The van der Waals surface area contributed by atoms with Crippen molar-refractivity contribution in [3.05, 3.63) is 81.2 Å². The van der Waals surface area contributed by atoms with Gasteiger partial charge in [0.25, 0.3) is 5.91 Å². The molecule has 0 atom stereocenters. The molecule has 0 saturated carbocycles. The molecule has 0 bridgehead atoms. The van der Waals surface area contributed by atoms with Gasteiger partial charge in [0.05, 0.1) is 26.8 Å². The first-order chi connectivity index (χ1) is 17.0. The van der Waals surface area contributed by atoms with Crippen LogP contribution in [0.4, 0.5) is 5.69 Å². The summed E-state index contributed by atoms with van der Waals surface area (Å²) in [6.45, 7) is 4.14. The van der Waals surface area contributed by atoms with E-state index in [0.717, 1.165) is 25.7 Å². The highest BCUT2D eigenvalue weighted by atomic mass is 127. The molecule has 176 valence electrons. The zero-order valence-electron chi connectivity index (χ0n) is 19.3. The van der Waals surface area contributed by atoms with Gasteiger partial charge < -0.3 is 19.8 Å². The lowest BCUT2D eigenvalue weighted by Crippen LogP contribution is -2.20. The lowest BCUT2D eigenvalue weighted by Gasteiger charge is -2.15. The predicted molar refractivity (Wildman–Crippen MR) is 145 cm³/mol. The van der Waals surface area contributed by atoms with Crippen LogP contribution in [0.3, 0.4) is 0 Å². The van der Waals surface area contributed by atoms with Crippen LogP contribution in [0.2, 0.25) is 0 Å². The molecule has 8 heteroatoms. The Hall–Kier alpha value is -3.84. The minimum Gasteiger partial charge on any atom is -0.490 e. The lowest BCUT2D eigenvalue weighted by atomic mass is 10.1. The Balaban J connectivity index is 1.58. The third kappa shape index (κ3) is 6.00. The molecular formula is C27H23IN4O3. The number of carbonyl (C=O) groups excluding carboxylic acids is 1. The van der Waals surface area contributed by atoms with Crippen molar-refractivity contribution in [2.75, 3.05) is 18.5 Å². The van der Waals surface area contributed by atoms with Crippen LogP contribution in [-0.4, -0.2) is 29.1 Å². The van der Waals surface area contributed by atoms with Crippen LogP contribution in [-0.2, 0) is 4.79 Å². The van der Waals surface area contributed by atoms with Crippen LogP contribution >= 0.6 is 22.6 Å². The van der Waals surface area contributed by atoms with Gasteiger partial charge in [-0.2, -0.15) is 5.26 Å². The van der Waals surface area contributed by atoms with Crippen molar-refractivity contribution in [3.8, 4) is 17.6 Å². The van der Waals surface area contributed by atoms with E-state index in [1.807, 2.05) is 68.4 Å². The molecular weight excluding hydrogens is 555 g/mol. The molecule has 0 spiro atoms. The lowest BCUT2D eigenvalue weighted by molar-refractivity contribution is -0.118. The largest absolute Gasteiger partial charge is 0.490 e. The van der Waals surface area contributed by atoms with Crippen LogP contribution in [0, 0.1) is 21.8 Å². The van der Waals surface area contributed by atoms with E-state index in [2.05, 4.69) is 43.9 Å². The van der Waals surface area contributed by atoms with E-state index < -0.39 is 0 Å². The fourth-order valence-corrected chi connectivity index (χ4v) is 4.28. The quantitative estimate of drug-likeness (QED) is 0.199. The Kier molecular flexibility index (Phi) is 7.67. The molecule has 35 heavy (non-hydrogen) atoms. The standard InChI is InChI=1S/C27H23IN4O3/c1-3-34-24-14-18(12-19(15-29)27-31-22-10-9-17(2)11-23(22)32-27)13-21(28)26(24)35-16-25(33)30-20-7-5-4-6-8-20/h4-14H,3,16H2,1-2H3,(H,30,33)(H,31,32)/b19-12-. The van der Waals surface area contributed by atoms with Crippen molar-refractivity contribution in [2.45, 2.75) is 13.8 Å². The number of aromatic nitrogens is 2. The number of hydrogen-bond donors (Lipinski definition) is 2. The number of imidazole rings is 1. The van der Waals surface area contributed by atoms with Crippen molar-refractivity contribution in [1.82, 2.24) is 9.97 Å². The molecule has 0 aliphatic rings. The van der Waals surface area contributed by atoms with Gasteiger partial charge >= 0.3 is 0 Å². The molecule has 7 nitrogen and oxygen atoms in total. The number of amides is 1. The highest BCUT2D eigenvalue weighted by Crippen LogP contribution is 2.35. The van der Waals surface area contributed by atoms with E-state index in [4.69, 9.17) is 9.47 Å². The van der Waals surface area contributed by atoms with Gasteiger partial charge in [0.2, 0.25) is 0 Å². The molecule has 0 unspecified atom stereocenters. The summed E-state index contributed by atoms with van der Waals surface area (Å²) in [5, 5.41) is 12.6. The molecule has 1 heterocycles. The van der Waals surface area contributed by atoms with E-state index in [0.29, 0.717) is 35.2 Å². The zero-order valence-corrected chi connectivity index (χ0v) is 21.4. The number of nitrogens with zero attached hydrogens (tertiary/aromatic N) is 2. The number of halogens is 1. The van der Waals surface area contributed by atoms with Gasteiger partial charge in [-0.3, -0.25) is 4.79 Å². The van der Waals surface area contributed by atoms with Gasteiger partial charge in [-0.25, -0.2) is 4.98 Å². The summed E-state index contributed by atoms with van der Waals surface area (Å²) in [5.74, 6) is 1.20. The number of aryl methyl sites for hydroxylation is 1. The number of para-hydroxylation sites is 1. The highest BCUT2D eigenvalue weighted by molar-refractivity contribution is 14.1. The van der Waals surface area contributed by atoms with E-state index in [9.17, 15) is 10.1 Å². The van der Waals surface area contributed by atoms with Crippen molar-refractivity contribution < 1.29 is 14.3 Å². The zero-order chi connectivity index (χ0) is 24.8. The molecule has 4 aromatic rings. The third-order valence-electron chi connectivity index (χ3n) is 5.06. The molecule has 1 amide bonds. The Morgan fingerprint density at radius 2 is 1.97 bits per heavy atom. The number of allylic oxidation sites excluding steroid dienone is 1. The summed E-state index contributed by atoms with van der Waals surface area (Å²) in [5.41, 5.74) is 4.64. The highest BCUT2D eigenvalue weighted by Gasteiger charge is 2.15. The van der Waals surface area contributed by atoms with Crippen LogP contribution in [0.1, 0.15) is 23.9 Å². The second kappa shape index (κ2) is 11.1. The fourth-order valence-electron chi connectivity index (χ4n) is 3.50. The first kappa shape index (κ1) is 24.3. The van der Waals surface area contributed by atoms with Crippen LogP contribution in [0.25, 0.3) is 22.7 Å². The molecule has 2 N–H and O–H groups in total. The average Bonchev–Trinajstić information content (AvgIpc) is 3.26. The van der Waals surface area contributed by atoms with Crippen molar-refractivity contribution in [3.63, 3.8) is 0 Å². The number of anilines is 1. The van der Waals surface area contributed by atoms with E-state index in [1.54, 1.807) is 12.1 Å². The predicted octanol–water partition coefficient (Wildman–Crippen LogP) is 5.96. The number of nitrogens with one attached hydrogen (secondary N) is 2. The molecule has 3 aromatic carbocycles. The first-order valence-electron chi connectivity index (χ1n) is 11.0. The number of H-pyrrole nitrogens is 1. The summed E-state index contributed by atoms with van der Waals surface area (Å²) in [7, 11) is 0. The Labute approximate surface area is 216 Å². The average molecular weight is 578 g/mol. The van der Waals surface area contributed by atoms with E-state index >= 15 is 0 Å². The van der Waals surface area contributed by atoms with Gasteiger partial charge in [0, 0.05) is 5.69 Å². The number of fused-ring (bicyclic) bond motifs is 1. The summed E-state index contributed by atoms with van der Waals surface area (Å²) < 4.78 is 12.4. The van der Waals surface area contributed by atoms with Crippen LogP contribution in [0.15, 0.2) is 60.7 Å². The molecule has 0 aliphatic heterocycles. The van der Waals surface area contributed by atoms with Crippen molar-refractivity contribution in [2.24, 2.45) is 0 Å². The maximum atomic E-state index is 12.3. The monoisotopic (exact) mass is 578 g/mol. The Morgan fingerprint density at radius 3 is 2.71 bits per heavy atom. The number of hydrogen-bond acceptors (Lipinski definition) is 5.